The highest BCUT2D eigenvalue weighted by molar-refractivity contribution is 9.10. The van der Waals surface area contributed by atoms with Gasteiger partial charge < -0.3 is 10.1 Å². The lowest BCUT2D eigenvalue weighted by Crippen LogP contribution is -2.30. The van der Waals surface area contributed by atoms with E-state index in [0.717, 1.165) is 14.2 Å². The van der Waals surface area contributed by atoms with Crippen molar-refractivity contribution in [1.29, 1.82) is 0 Å². The van der Waals surface area contributed by atoms with Gasteiger partial charge in [-0.25, -0.2) is 0 Å². The number of hydrogen-bond acceptors (Lipinski definition) is 5. The fraction of sp³-hybridized carbons (Fsp3) is 0.316. The number of rotatable bonds is 7. The van der Waals surface area contributed by atoms with Gasteiger partial charge in [-0.15, -0.1) is 11.3 Å². The molecule has 7 heteroatoms. The summed E-state index contributed by atoms with van der Waals surface area (Å²) in [4.78, 5) is 38.2. The van der Waals surface area contributed by atoms with E-state index in [-0.39, 0.29) is 18.6 Å². The van der Waals surface area contributed by atoms with Crippen LogP contribution >= 0.6 is 27.3 Å². The standard InChI is InChI=1S/C19H20BrNO4S/c1-11-10-16(13(3)26-11)17(22)8-9-18(23)25-12(2)19(24)21-15-6-4-14(20)5-7-15/h4-7,10,12H,8-9H2,1-3H3,(H,21,24). The average Bonchev–Trinajstić information content (AvgIpc) is 2.93. The third kappa shape index (κ3) is 5.78. The molecule has 0 aliphatic carbocycles. The number of carbonyl (C=O) groups is 3. The summed E-state index contributed by atoms with van der Waals surface area (Å²) in [6.07, 6.45) is -0.925. The molecule has 0 aliphatic heterocycles. The van der Waals surface area contributed by atoms with E-state index in [1.807, 2.05) is 19.9 Å². The number of carbonyl (C=O) groups excluding carboxylic acids is 3. The van der Waals surface area contributed by atoms with Crippen molar-refractivity contribution in [2.45, 2.75) is 39.7 Å². The number of hydrogen-bond donors (Lipinski definition) is 1. The maximum atomic E-state index is 12.2. The minimum absolute atomic E-state index is 0.0525. The molecule has 1 aromatic heterocycles. The summed E-state index contributed by atoms with van der Waals surface area (Å²) in [5, 5.41) is 2.67. The number of nitrogens with one attached hydrogen (secondary N) is 1. The number of esters is 1. The molecule has 1 amide bonds. The molecular formula is C19H20BrNO4S. The molecule has 1 N–H and O–H groups in total. The maximum Gasteiger partial charge on any atom is 0.307 e. The van der Waals surface area contributed by atoms with Crippen LogP contribution in [0.5, 0.6) is 0 Å². The van der Waals surface area contributed by atoms with Crippen LogP contribution in [0.3, 0.4) is 0 Å². The zero-order chi connectivity index (χ0) is 19.3. The molecule has 138 valence electrons. The first-order chi connectivity index (χ1) is 12.3. The summed E-state index contributed by atoms with van der Waals surface area (Å²) in [6, 6.07) is 8.90. The molecule has 26 heavy (non-hydrogen) atoms. The molecule has 2 rings (SSSR count). The molecule has 0 radical (unpaired) electrons. The van der Waals surface area contributed by atoms with Crippen molar-refractivity contribution < 1.29 is 19.1 Å². The molecule has 1 heterocycles. The predicted octanol–water partition coefficient (Wildman–Crippen LogP) is 4.66. The quantitative estimate of drug-likeness (QED) is 0.504. The van der Waals surface area contributed by atoms with E-state index in [9.17, 15) is 14.4 Å². The summed E-state index contributed by atoms with van der Waals surface area (Å²) < 4.78 is 6.02. The Balaban J connectivity index is 1.81. The molecule has 0 bridgehead atoms. The average molecular weight is 438 g/mol. The number of anilines is 1. The van der Waals surface area contributed by atoms with E-state index in [2.05, 4.69) is 21.2 Å². The molecule has 0 spiro atoms. The number of ether oxygens (including phenoxy) is 1. The van der Waals surface area contributed by atoms with Crippen LogP contribution in [-0.2, 0) is 14.3 Å². The van der Waals surface area contributed by atoms with Crippen LogP contribution in [0, 0.1) is 13.8 Å². The number of amides is 1. The van der Waals surface area contributed by atoms with Crippen molar-refractivity contribution >= 4 is 50.6 Å². The van der Waals surface area contributed by atoms with Gasteiger partial charge in [-0.05, 0) is 51.1 Å². The Labute approximate surface area is 164 Å². The Morgan fingerprint density at radius 3 is 2.38 bits per heavy atom. The predicted molar refractivity (Wildman–Crippen MR) is 106 cm³/mol. The van der Waals surface area contributed by atoms with Crippen LogP contribution in [0.4, 0.5) is 5.69 Å². The number of thiophene rings is 1. The highest BCUT2D eigenvalue weighted by Gasteiger charge is 2.19. The Morgan fingerprint density at radius 2 is 1.81 bits per heavy atom. The van der Waals surface area contributed by atoms with Crippen molar-refractivity contribution in [3.8, 4) is 0 Å². The van der Waals surface area contributed by atoms with Crippen LogP contribution in [0.2, 0.25) is 0 Å². The Morgan fingerprint density at radius 1 is 1.15 bits per heavy atom. The van der Waals surface area contributed by atoms with E-state index >= 15 is 0 Å². The summed E-state index contributed by atoms with van der Waals surface area (Å²) in [7, 11) is 0. The Bertz CT molecular complexity index is 813. The molecule has 0 aliphatic rings. The molecule has 0 saturated heterocycles. The normalized spacial score (nSPS) is 11.7. The molecule has 2 aromatic rings. The van der Waals surface area contributed by atoms with Gasteiger partial charge in [-0.2, -0.15) is 0 Å². The summed E-state index contributed by atoms with van der Waals surface area (Å²) in [6.45, 7) is 5.33. The lowest BCUT2D eigenvalue weighted by Gasteiger charge is -2.13. The molecule has 1 atom stereocenters. The topological polar surface area (TPSA) is 72.5 Å². The van der Waals surface area contributed by atoms with Gasteiger partial charge in [-0.3, -0.25) is 14.4 Å². The van der Waals surface area contributed by atoms with Gasteiger partial charge in [0.15, 0.2) is 11.9 Å². The number of ketones is 1. The van der Waals surface area contributed by atoms with Gasteiger partial charge in [0.1, 0.15) is 0 Å². The maximum absolute atomic E-state index is 12.2. The van der Waals surface area contributed by atoms with Gasteiger partial charge in [0.25, 0.3) is 5.91 Å². The Hall–Kier alpha value is -1.99. The van der Waals surface area contributed by atoms with Crippen molar-refractivity contribution in [1.82, 2.24) is 0 Å². The molecular weight excluding hydrogens is 418 g/mol. The molecule has 1 aromatic carbocycles. The molecule has 5 nitrogen and oxygen atoms in total. The van der Waals surface area contributed by atoms with Crippen LogP contribution in [0.15, 0.2) is 34.8 Å². The zero-order valence-corrected chi connectivity index (χ0v) is 17.2. The number of halogens is 1. The summed E-state index contributed by atoms with van der Waals surface area (Å²) in [5.74, 6) is -1.08. The SMILES string of the molecule is Cc1cc(C(=O)CCC(=O)OC(C)C(=O)Nc2ccc(Br)cc2)c(C)s1. The minimum atomic E-state index is -0.939. The summed E-state index contributed by atoms with van der Waals surface area (Å²) in [5.41, 5.74) is 1.26. The van der Waals surface area contributed by atoms with Gasteiger partial charge >= 0.3 is 5.97 Å². The van der Waals surface area contributed by atoms with Gasteiger partial charge in [-0.1, -0.05) is 15.9 Å². The highest BCUT2D eigenvalue weighted by atomic mass is 79.9. The largest absolute Gasteiger partial charge is 0.453 e. The van der Waals surface area contributed by atoms with Crippen LogP contribution in [-0.4, -0.2) is 23.8 Å². The third-order valence-corrected chi connectivity index (χ3v) is 5.18. The Kier molecular flexibility index (Phi) is 7.11. The van der Waals surface area contributed by atoms with Gasteiger partial charge in [0, 0.05) is 31.9 Å². The fourth-order valence-electron chi connectivity index (χ4n) is 2.34. The van der Waals surface area contributed by atoms with Crippen molar-refractivity contribution in [2.24, 2.45) is 0 Å². The number of benzene rings is 1. The molecule has 0 fully saturated rings. The van der Waals surface area contributed by atoms with Gasteiger partial charge in [0.2, 0.25) is 0 Å². The van der Waals surface area contributed by atoms with Crippen molar-refractivity contribution in [2.75, 3.05) is 5.32 Å². The highest BCUT2D eigenvalue weighted by Crippen LogP contribution is 2.22. The van der Waals surface area contributed by atoms with E-state index in [0.29, 0.717) is 11.3 Å². The summed E-state index contributed by atoms with van der Waals surface area (Å²) >= 11 is 4.87. The molecule has 0 saturated carbocycles. The second kappa shape index (κ2) is 9.09. The zero-order valence-electron chi connectivity index (χ0n) is 14.8. The van der Waals surface area contributed by atoms with Crippen LogP contribution < -0.4 is 5.32 Å². The first-order valence-electron chi connectivity index (χ1n) is 8.12. The lowest BCUT2D eigenvalue weighted by molar-refractivity contribution is -0.153. The van der Waals surface area contributed by atoms with E-state index in [4.69, 9.17) is 4.74 Å². The monoisotopic (exact) mass is 437 g/mol. The number of Topliss-reactive ketones (excluding diaryl/α,β-unsaturated/α-hetero) is 1. The lowest BCUT2D eigenvalue weighted by atomic mass is 10.1. The van der Waals surface area contributed by atoms with E-state index in [1.54, 1.807) is 35.6 Å². The van der Waals surface area contributed by atoms with Crippen LogP contribution in [0.25, 0.3) is 0 Å². The van der Waals surface area contributed by atoms with E-state index in [1.165, 1.54) is 6.92 Å². The second-order valence-electron chi connectivity index (χ2n) is 5.88. The van der Waals surface area contributed by atoms with Crippen LogP contribution in [0.1, 0.15) is 39.9 Å². The second-order valence-corrected chi connectivity index (χ2v) is 8.25. The van der Waals surface area contributed by atoms with Crippen molar-refractivity contribution in [3.63, 3.8) is 0 Å². The smallest absolute Gasteiger partial charge is 0.307 e. The third-order valence-electron chi connectivity index (χ3n) is 3.69. The van der Waals surface area contributed by atoms with E-state index < -0.39 is 18.0 Å². The first-order valence-corrected chi connectivity index (χ1v) is 9.73. The van der Waals surface area contributed by atoms with Gasteiger partial charge in [0.05, 0.1) is 6.42 Å². The minimum Gasteiger partial charge on any atom is -0.453 e. The number of aryl methyl sites for hydroxylation is 2. The first kappa shape index (κ1) is 20.3. The fourth-order valence-corrected chi connectivity index (χ4v) is 3.55. The molecule has 1 unspecified atom stereocenters. The van der Waals surface area contributed by atoms with Crippen molar-refractivity contribution in [3.05, 3.63) is 50.1 Å².